The van der Waals surface area contributed by atoms with Crippen molar-refractivity contribution in [3.63, 3.8) is 0 Å². The zero-order valence-electron chi connectivity index (χ0n) is 10.4. The normalized spacial score (nSPS) is 15.6. The number of hydrogen-bond donors (Lipinski definition) is 2. The summed E-state index contributed by atoms with van der Waals surface area (Å²) in [6, 6.07) is 1.58. The molecule has 18 heavy (non-hydrogen) atoms. The summed E-state index contributed by atoms with van der Waals surface area (Å²) in [6.45, 7) is 3.37. The van der Waals surface area contributed by atoms with E-state index >= 15 is 0 Å². The summed E-state index contributed by atoms with van der Waals surface area (Å²) in [4.78, 5) is 0.984. The average molecular weight is 374 g/mol. The number of nitrogens with one attached hydrogen (secondary N) is 1. The highest BCUT2D eigenvalue weighted by molar-refractivity contribution is 9.11. The van der Waals surface area contributed by atoms with E-state index in [2.05, 4.69) is 20.7 Å². The molecule has 1 unspecified atom stereocenters. The van der Waals surface area contributed by atoms with Gasteiger partial charge < -0.3 is 5.11 Å². The molecular formula is C10H16BrNO3S3. The van der Waals surface area contributed by atoms with Gasteiger partial charge >= 0.3 is 0 Å². The summed E-state index contributed by atoms with van der Waals surface area (Å²) in [7, 11) is -3.56. The van der Waals surface area contributed by atoms with E-state index < -0.39 is 15.6 Å². The van der Waals surface area contributed by atoms with Gasteiger partial charge in [-0.05, 0) is 42.1 Å². The van der Waals surface area contributed by atoms with Gasteiger partial charge in [-0.3, -0.25) is 0 Å². The first-order valence-corrected chi connectivity index (χ1v) is 9.63. The van der Waals surface area contributed by atoms with Crippen LogP contribution in [0.5, 0.6) is 0 Å². The molecule has 4 nitrogen and oxygen atoms in total. The fraction of sp³-hybridized carbons (Fsp3) is 0.600. The third-order valence-electron chi connectivity index (χ3n) is 2.23. The number of halogens is 1. The number of hydrogen-bond acceptors (Lipinski definition) is 5. The van der Waals surface area contributed by atoms with Crippen molar-refractivity contribution in [2.24, 2.45) is 0 Å². The molecule has 0 aliphatic rings. The SMILES string of the molecule is CSCC(C)(O)CNS(=O)(=O)c1cc(Br)sc1C. The molecule has 0 saturated heterocycles. The molecule has 0 fully saturated rings. The molecule has 1 atom stereocenters. The molecule has 0 amide bonds. The van der Waals surface area contributed by atoms with Gasteiger partial charge in [-0.1, -0.05) is 0 Å². The molecule has 0 spiro atoms. The number of thioether (sulfide) groups is 1. The van der Waals surface area contributed by atoms with E-state index in [1.807, 2.05) is 6.26 Å². The van der Waals surface area contributed by atoms with Gasteiger partial charge in [0, 0.05) is 17.2 Å². The Labute approximate surface area is 124 Å². The van der Waals surface area contributed by atoms with Gasteiger partial charge in [0.15, 0.2) is 0 Å². The lowest BCUT2D eigenvalue weighted by Crippen LogP contribution is -2.42. The van der Waals surface area contributed by atoms with Crippen LogP contribution in [0, 0.1) is 6.92 Å². The molecule has 0 radical (unpaired) electrons. The lowest BCUT2D eigenvalue weighted by molar-refractivity contribution is 0.0908. The summed E-state index contributed by atoms with van der Waals surface area (Å²) in [5, 5.41) is 9.94. The molecule has 1 aromatic rings. The highest BCUT2D eigenvalue weighted by Crippen LogP contribution is 2.29. The first-order chi connectivity index (χ1) is 8.18. The molecule has 0 aliphatic carbocycles. The highest BCUT2D eigenvalue weighted by Gasteiger charge is 2.25. The van der Waals surface area contributed by atoms with Crippen LogP contribution in [-0.2, 0) is 10.0 Å². The van der Waals surface area contributed by atoms with Gasteiger partial charge in [0.05, 0.1) is 14.3 Å². The van der Waals surface area contributed by atoms with Crippen LogP contribution in [-0.4, -0.2) is 37.7 Å². The van der Waals surface area contributed by atoms with Gasteiger partial charge in [-0.15, -0.1) is 11.3 Å². The smallest absolute Gasteiger partial charge is 0.241 e. The van der Waals surface area contributed by atoms with Crippen LogP contribution in [0.1, 0.15) is 11.8 Å². The maximum Gasteiger partial charge on any atom is 0.241 e. The second kappa shape index (κ2) is 6.23. The molecule has 1 rings (SSSR count). The number of aliphatic hydroxyl groups is 1. The number of aryl methyl sites for hydroxylation is 1. The topological polar surface area (TPSA) is 66.4 Å². The number of rotatable bonds is 6. The second-order valence-corrected chi connectivity index (χ2v) is 9.46. The Morgan fingerprint density at radius 2 is 2.22 bits per heavy atom. The average Bonchev–Trinajstić information content (AvgIpc) is 2.56. The van der Waals surface area contributed by atoms with Crippen LogP contribution in [0.2, 0.25) is 0 Å². The van der Waals surface area contributed by atoms with Crippen molar-refractivity contribution in [1.82, 2.24) is 4.72 Å². The largest absolute Gasteiger partial charge is 0.388 e. The molecule has 1 heterocycles. The van der Waals surface area contributed by atoms with Gasteiger partial charge in [-0.2, -0.15) is 11.8 Å². The van der Waals surface area contributed by atoms with Crippen LogP contribution < -0.4 is 4.72 Å². The van der Waals surface area contributed by atoms with Crippen molar-refractivity contribution in [2.45, 2.75) is 24.3 Å². The van der Waals surface area contributed by atoms with E-state index in [1.54, 1.807) is 19.9 Å². The quantitative estimate of drug-likeness (QED) is 0.801. The Hall–Kier alpha value is 0.400. The second-order valence-electron chi connectivity index (χ2n) is 4.23. The Kier molecular flexibility index (Phi) is 5.70. The lowest BCUT2D eigenvalue weighted by Gasteiger charge is -2.22. The van der Waals surface area contributed by atoms with E-state index in [-0.39, 0.29) is 11.4 Å². The van der Waals surface area contributed by atoms with Crippen molar-refractivity contribution in [3.05, 3.63) is 14.7 Å². The van der Waals surface area contributed by atoms with Crippen LogP contribution in [0.25, 0.3) is 0 Å². The number of thiophene rings is 1. The summed E-state index contributed by atoms with van der Waals surface area (Å²) in [5.74, 6) is 0.474. The summed E-state index contributed by atoms with van der Waals surface area (Å²) in [6.07, 6.45) is 1.86. The van der Waals surface area contributed by atoms with Crippen molar-refractivity contribution in [2.75, 3.05) is 18.6 Å². The number of sulfonamides is 1. The minimum absolute atomic E-state index is 0.00305. The van der Waals surface area contributed by atoms with E-state index in [0.29, 0.717) is 5.75 Å². The molecule has 8 heteroatoms. The van der Waals surface area contributed by atoms with Crippen molar-refractivity contribution in [3.8, 4) is 0 Å². The maximum absolute atomic E-state index is 12.1. The zero-order valence-corrected chi connectivity index (χ0v) is 14.4. The molecule has 0 aromatic carbocycles. The molecular weight excluding hydrogens is 358 g/mol. The van der Waals surface area contributed by atoms with Crippen LogP contribution in [0.15, 0.2) is 14.7 Å². The Morgan fingerprint density at radius 1 is 1.61 bits per heavy atom. The predicted octanol–water partition coefficient (Wildman–Crippen LogP) is 2.21. The predicted molar refractivity (Wildman–Crippen MR) is 81.0 cm³/mol. The molecule has 0 saturated carbocycles. The van der Waals surface area contributed by atoms with Crippen molar-refractivity contribution >= 4 is 49.1 Å². The molecule has 2 N–H and O–H groups in total. The summed E-state index contributed by atoms with van der Waals surface area (Å²) >= 11 is 6.11. The molecule has 1 aromatic heterocycles. The maximum atomic E-state index is 12.1. The minimum Gasteiger partial charge on any atom is -0.388 e. The van der Waals surface area contributed by atoms with Crippen LogP contribution in [0.4, 0.5) is 0 Å². The Morgan fingerprint density at radius 3 is 2.67 bits per heavy atom. The molecule has 104 valence electrons. The third kappa shape index (κ3) is 4.50. The summed E-state index contributed by atoms with van der Waals surface area (Å²) in [5.41, 5.74) is -1.05. The molecule has 0 bridgehead atoms. The van der Waals surface area contributed by atoms with E-state index in [0.717, 1.165) is 8.66 Å². The van der Waals surface area contributed by atoms with Gasteiger partial charge in [-0.25, -0.2) is 13.1 Å². The highest BCUT2D eigenvalue weighted by atomic mass is 79.9. The van der Waals surface area contributed by atoms with E-state index in [1.165, 1.54) is 23.1 Å². The van der Waals surface area contributed by atoms with E-state index in [9.17, 15) is 13.5 Å². The first-order valence-electron chi connectivity index (χ1n) is 5.15. The van der Waals surface area contributed by atoms with Gasteiger partial charge in [0.2, 0.25) is 10.0 Å². The first kappa shape index (κ1) is 16.5. The monoisotopic (exact) mass is 373 g/mol. The van der Waals surface area contributed by atoms with Crippen LogP contribution in [0.3, 0.4) is 0 Å². The van der Waals surface area contributed by atoms with Crippen LogP contribution >= 0.6 is 39.0 Å². The lowest BCUT2D eigenvalue weighted by atomic mass is 10.1. The third-order valence-corrected chi connectivity index (χ3v) is 6.35. The fourth-order valence-electron chi connectivity index (χ4n) is 1.39. The van der Waals surface area contributed by atoms with Gasteiger partial charge in [0.1, 0.15) is 0 Å². The van der Waals surface area contributed by atoms with E-state index in [4.69, 9.17) is 0 Å². The zero-order chi connectivity index (χ0) is 14.0. The van der Waals surface area contributed by atoms with Crippen molar-refractivity contribution in [1.29, 1.82) is 0 Å². The fourth-order valence-corrected chi connectivity index (χ4v) is 5.69. The Balaban J connectivity index is 2.81. The van der Waals surface area contributed by atoms with Crippen molar-refractivity contribution < 1.29 is 13.5 Å². The molecule has 0 aliphatic heterocycles. The Bertz CT molecular complexity index is 510. The standard InChI is InChI=1S/C10H16BrNO3S3/c1-7-8(4-9(11)17-7)18(14,15)12-5-10(2,13)6-16-3/h4,12-13H,5-6H2,1-3H3. The summed E-state index contributed by atoms with van der Waals surface area (Å²) < 4.78 is 27.4. The minimum atomic E-state index is -3.56. The van der Waals surface area contributed by atoms with Gasteiger partial charge in [0.25, 0.3) is 0 Å².